The Bertz CT molecular complexity index is 2040. The average Bonchev–Trinajstić information content (AvgIpc) is 3.39. The molecule has 260 valence electrons. The lowest BCUT2D eigenvalue weighted by atomic mass is 10.0. The molecule has 0 saturated carbocycles. The minimum Gasteiger partial charge on any atom is -0.473 e. The maximum atomic E-state index is 16.1. The number of carbonyl (C=O) groups excluding carboxylic acids is 1. The van der Waals surface area contributed by atoms with Gasteiger partial charge in [0.1, 0.15) is 17.3 Å². The molecule has 4 aromatic carbocycles. The van der Waals surface area contributed by atoms with E-state index < -0.39 is 43.7 Å². The van der Waals surface area contributed by atoms with Crippen LogP contribution in [0.25, 0.3) is 5.69 Å². The lowest BCUT2D eigenvalue weighted by Gasteiger charge is -2.42. The third-order valence-corrected chi connectivity index (χ3v) is 14.4. The van der Waals surface area contributed by atoms with Gasteiger partial charge in [-0.05, 0) is 54.4 Å². The first-order valence-electron chi connectivity index (χ1n) is 16.5. The first-order chi connectivity index (χ1) is 23.8. The Labute approximate surface area is 296 Å². The van der Waals surface area contributed by atoms with Gasteiger partial charge in [0.05, 0.1) is 22.9 Å². The van der Waals surface area contributed by atoms with Crippen LogP contribution in [0.4, 0.5) is 14.5 Å². The van der Waals surface area contributed by atoms with Gasteiger partial charge in [0.15, 0.2) is 11.6 Å². The average molecular weight is 717 g/mol. The summed E-state index contributed by atoms with van der Waals surface area (Å²) < 4.78 is 46.4. The van der Waals surface area contributed by atoms with Gasteiger partial charge in [-0.2, -0.15) is 4.68 Å². The molecule has 1 amide bonds. The molecule has 5 aromatic rings. The highest BCUT2D eigenvalue weighted by Gasteiger charge is 2.50. The quantitative estimate of drug-likeness (QED) is 0.155. The highest BCUT2D eigenvalue weighted by Crippen LogP contribution is 2.44. The van der Waals surface area contributed by atoms with E-state index in [1.54, 1.807) is 13.8 Å². The van der Waals surface area contributed by atoms with Gasteiger partial charge in [-0.1, -0.05) is 99.1 Å². The minimum atomic E-state index is -2.99. The van der Waals surface area contributed by atoms with Crippen molar-refractivity contribution in [3.63, 3.8) is 0 Å². The number of rotatable bonds is 9. The summed E-state index contributed by atoms with van der Waals surface area (Å²) in [6.45, 7) is 12.1. The Balaban J connectivity index is 1.43. The number of nitrogens with zero attached hydrogens (tertiary/aromatic N) is 4. The second kappa shape index (κ2) is 13.6. The van der Waals surface area contributed by atoms with Crippen LogP contribution in [0.1, 0.15) is 59.0 Å². The van der Waals surface area contributed by atoms with Crippen molar-refractivity contribution in [2.45, 2.75) is 71.9 Å². The third-order valence-electron chi connectivity index (χ3n) is 9.09. The van der Waals surface area contributed by atoms with Crippen molar-refractivity contribution in [1.82, 2.24) is 14.3 Å². The maximum absolute atomic E-state index is 16.1. The molecular formula is C38H39ClF2N4O4Si. The summed E-state index contributed by atoms with van der Waals surface area (Å²) in [5.74, 6) is -1.79. The summed E-state index contributed by atoms with van der Waals surface area (Å²) in [6, 6.07) is 26.3. The fourth-order valence-corrected chi connectivity index (χ4v) is 11.6. The van der Waals surface area contributed by atoms with Crippen molar-refractivity contribution in [1.29, 1.82) is 0 Å². The SMILES string of the molecule is CCn1c(CO[Si](c2ccccc2)(c2ccccc2)C(C)(C)C)nn(-c2cc3c(cc2F)OC(c2c(F)cccc2Cl)C(=O)N3C(C)C)c1=O. The summed E-state index contributed by atoms with van der Waals surface area (Å²) in [5.41, 5.74) is -0.656. The van der Waals surface area contributed by atoms with E-state index in [4.69, 9.17) is 20.8 Å². The van der Waals surface area contributed by atoms with Crippen LogP contribution in [0, 0.1) is 11.6 Å². The van der Waals surface area contributed by atoms with Crippen molar-refractivity contribution in [2.75, 3.05) is 4.90 Å². The number of anilines is 1. The fourth-order valence-electron chi connectivity index (χ4n) is 6.83. The molecule has 2 heterocycles. The zero-order valence-corrected chi connectivity index (χ0v) is 30.5. The van der Waals surface area contributed by atoms with Gasteiger partial charge in [0.2, 0.25) is 6.10 Å². The molecule has 0 spiro atoms. The maximum Gasteiger partial charge on any atom is 0.350 e. The van der Waals surface area contributed by atoms with Crippen LogP contribution in [0.3, 0.4) is 0 Å². The molecule has 1 unspecified atom stereocenters. The van der Waals surface area contributed by atoms with E-state index in [-0.39, 0.29) is 45.9 Å². The molecule has 6 rings (SSSR count). The molecule has 1 aromatic heterocycles. The molecule has 1 atom stereocenters. The third kappa shape index (κ3) is 5.97. The topological polar surface area (TPSA) is 78.6 Å². The van der Waals surface area contributed by atoms with E-state index in [1.807, 2.05) is 43.3 Å². The number of halogens is 3. The zero-order valence-electron chi connectivity index (χ0n) is 28.8. The highest BCUT2D eigenvalue weighted by atomic mass is 35.5. The molecule has 50 heavy (non-hydrogen) atoms. The van der Waals surface area contributed by atoms with Gasteiger partial charge in [-0.3, -0.25) is 9.36 Å². The Morgan fingerprint density at radius 2 is 1.52 bits per heavy atom. The number of aromatic nitrogens is 3. The van der Waals surface area contributed by atoms with E-state index in [2.05, 4.69) is 50.1 Å². The molecule has 0 aliphatic carbocycles. The van der Waals surface area contributed by atoms with Crippen LogP contribution in [0.15, 0.2) is 95.8 Å². The van der Waals surface area contributed by atoms with Gasteiger partial charge >= 0.3 is 5.69 Å². The standard InChI is InChI=1S/C38H39ClF2N4O4Si/c1-7-43-33(23-48-50(38(4,5)6,25-15-10-8-11-16-25)26-17-12-9-13-18-26)42-45(37(43)47)30-22-31-32(21-29(30)41)49-35(36(46)44(31)24(2)3)34-27(39)19-14-20-28(34)40/h8-22,24,35H,7,23H2,1-6H3. The summed E-state index contributed by atoms with van der Waals surface area (Å²) in [5, 5.41) is 6.44. The number of ether oxygens (including phenoxy) is 1. The first-order valence-corrected chi connectivity index (χ1v) is 18.8. The van der Waals surface area contributed by atoms with Crippen LogP contribution in [-0.4, -0.2) is 34.6 Å². The zero-order chi connectivity index (χ0) is 36.0. The molecule has 0 bridgehead atoms. The number of hydrogen-bond donors (Lipinski definition) is 0. The van der Waals surface area contributed by atoms with Crippen molar-refractivity contribution < 1.29 is 22.7 Å². The van der Waals surface area contributed by atoms with Gasteiger partial charge < -0.3 is 14.1 Å². The molecule has 0 fully saturated rings. The monoisotopic (exact) mass is 716 g/mol. The van der Waals surface area contributed by atoms with E-state index in [9.17, 15) is 14.0 Å². The number of carbonyl (C=O) groups is 1. The second-order valence-electron chi connectivity index (χ2n) is 13.5. The number of benzene rings is 4. The molecule has 12 heteroatoms. The van der Waals surface area contributed by atoms with Crippen molar-refractivity contribution in [3.8, 4) is 11.4 Å². The van der Waals surface area contributed by atoms with Crippen LogP contribution in [0.2, 0.25) is 10.1 Å². The molecular weight excluding hydrogens is 678 g/mol. The van der Waals surface area contributed by atoms with Crippen molar-refractivity contribution in [3.05, 3.63) is 130 Å². The molecule has 0 saturated heterocycles. The Morgan fingerprint density at radius 3 is 2.06 bits per heavy atom. The number of fused-ring (bicyclic) bond motifs is 1. The molecule has 1 aliphatic rings. The molecule has 8 nitrogen and oxygen atoms in total. The molecule has 1 aliphatic heterocycles. The molecule has 0 radical (unpaired) electrons. The Kier molecular flexibility index (Phi) is 9.60. The van der Waals surface area contributed by atoms with E-state index >= 15 is 4.39 Å². The minimum absolute atomic E-state index is 0.00193. The number of hydrogen-bond acceptors (Lipinski definition) is 5. The Morgan fingerprint density at radius 1 is 0.900 bits per heavy atom. The predicted octanol–water partition coefficient (Wildman–Crippen LogP) is 6.94. The van der Waals surface area contributed by atoms with Gasteiger partial charge in [-0.25, -0.2) is 13.6 Å². The van der Waals surface area contributed by atoms with Crippen LogP contribution in [0.5, 0.6) is 5.75 Å². The summed E-state index contributed by atoms with van der Waals surface area (Å²) in [7, 11) is -2.99. The van der Waals surface area contributed by atoms with Gasteiger partial charge in [-0.15, -0.1) is 5.10 Å². The Hall–Kier alpha value is -4.58. The van der Waals surface area contributed by atoms with E-state index in [0.717, 1.165) is 21.1 Å². The van der Waals surface area contributed by atoms with Crippen LogP contribution >= 0.6 is 11.6 Å². The van der Waals surface area contributed by atoms with E-state index in [1.165, 1.54) is 33.7 Å². The normalized spacial score (nSPS) is 15.0. The van der Waals surface area contributed by atoms with Crippen molar-refractivity contribution >= 4 is 41.9 Å². The van der Waals surface area contributed by atoms with Crippen LogP contribution in [-0.2, 0) is 22.4 Å². The lowest BCUT2D eigenvalue weighted by molar-refractivity contribution is -0.127. The fraction of sp³-hybridized carbons (Fsp3) is 0.289. The first kappa shape index (κ1) is 35.3. The lowest BCUT2D eigenvalue weighted by Crippen LogP contribution is -2.66. The molecule has 0 N–H and O–H groups in total. The summed E-state index contributed by atoms with van der Waals surface area (Å²) in [6.07, 6.45) is -1.43. The predicted molar refractivity (Wildman–Crippen MR) is 193 cm³/mol. The van der Waals surface area contributed by atoms with Crippen molar-refractivity contribution in [2.24, 2.45) is 0 Å². The smallest absolute Gasteiger partial charge is 0.350 e. The highest BCUT2D eigenvalue weighted by molar-refractivity contribution is 6.99. The number of amides is 1. The van der Waals surface area contributed by atoms with Gasteiger partial charge in [0.25, 0.3) is 14.2 Å². The van der Waals surface area contributed by atoms with E-state index in [0.29, 0.717) is 5.82 Å². The summed E-state index contributed by atoms with van der Waals surface area (Å²) in [4.78, 5) is 29.1. The van der Waals surface area contributed by atoms with Crippen LogP contribution < -0.4 is 25.7 Å². The largest absolute Gasteiger partial charge is 0.473 e. The van der Waals surface area contributed by atoms with Gasteiger partial charge in [0, 0.05) is 18.7 Å². The summed E-state index contributed by atoms with van der Waals surface area (Å²) >= 11 is 6.29. The second-order valence-corrected chi connectivity index (χ2v) is 18.2.